The highest BCUT2D eigenvalue weighted by Crippen LogP contribution is 2.24. The fraction of sp³-hybridized carbons (Fsp3) is 0.909. The molecule has 17 heavy (non-hydrogen) atoms. The van der Waals surface area contributed by atoms with E-state index < -0.39 is 5.54 Å². The van der Waals surface area contributed by atoms with Crippen LogP contribution >= 0.6 is 23.6 Å². The molecule has 4 nitrogen and oxygen atoms in total. The minimum atomic E-state index is -0.551. The highest BCUT2D eigenvalue weighted by Gasteiger charge is 2.29. The molecular weight excluding hydrogens is 261 g/mol. The first-order valence-corrected chi connectivity index (χ1v) is 6.29. The lowest BCUT2D eigenvalue weighted by molar-refractivity contribution is -0.869. The molecule has 0 unspecified atom stereocenters. The Hall–Kier alpha value is -0.0300. The van der Waals surface area contributed by atoms with Gasteiger partial charge in [-0.15, -0.1) is 3.94 Å². The van der Waals surface area contributed by atoms with Crippen LogP contribution in [0, 0.1) is 0 Å². The van der Waals surface area contributed by atoms with Crippen LogP contribution < -0.4 is 0 Å². The van der Waals surface area contributed by atoms with E-state index in [0.29, 0.717) is 6.42 Å². The molecule has 102 valence electrons. The molecule has 0 aliphatic heterocycles. The molecule has 0 atom stereocenters. The summed E-state index contributed by atoms with van der Waals surface area (Å²) in [5.41, 5.74) is -0.551. The number of amides is 1. The topological polar surface area (TPSA) is 23.6 Å². The molecule has 0 saturated heterocycles. The van der Waals surface area contributed by atoms with Gasteiger partial charge in [0.2, 0.25) is 5.91 Å². The average Bonchev–Trinajstić information content (AvgIpc) is 2.11. The number of hydrogen-bond donors (Lipinski definition) is 0. The standard InChI is InChI=1S/C11H24Cl2N3O/c1-11(2,15(12)13)9-10(17)14(3)7-8-16(4,5)6/h7-9H2,1-6H3/q+1. The summed E-state index contributed by atoms with van der Waals surface area (Å²) in [6.45, 7) is 5.30. The van der Waals surface area contributed by atoms with Crippen molar-refractivity contribution in [1.82, 2.24) is 8.84 Å². The Morgan fingerprint density at radius 2 is 1.71 bits per heavy atom. The van der Waals surface area contributed by atoms with Crippen LogP contribution in [0.25, 0.3) is 0 Å². The fourth-order valence-electron chi connectivity index (χ4n) is 1.14. The third-order valence-electron chi connectivity index (χ3n) is 2.57. The first kappa shape index (κ1) is 17.0. The van der Waals surface area contributed by atoms with Gasteiger partial charge >= 0.3 is 0 Å². The van der Waals surface area contributed by atoms with Gasteiger partial charge in [-0.05, 0) is 37.4 Å². The summed E-state index contributed by atoms with van der Waals surface area (Å²) < 4.78 is 1.87. The van der Waals surface area contributed by atoms with Crippen LogP contribution in [0.5, 0.6) is 0 Å². The van der Waals surface area contributed by atoms with Gasteiger partial charge in [-0.2, -0.15) is 0 Å². The van der Waals surface area contributed by atoms with Crippen LogP contribution in [-0.4, -0.2) is 66.0 Å². The van der Waals surface area contributed by atoms with E-state index in [9.17, 15) is 4.79 Å². The maximum atomic E-state index is 12.0. The number of halogens is 2. The summed E-state index contributed by atoms with van der Waals surface area (Å²) in [5, 5.41) is 0. The summed E-state index contributed by atoms with van der Waals surface area (Å²) in [6.07, 6.45) is 0.299. The van der Waals surface area contributed by atoms with Crippen LogP contribution in [0.15, 0.2) is 0 Å². The van der Waals surface area contributed by atoms with Gasteiger partial charge in [0.15, 0.2) is 0 Å². The Bertz CT molecular complexity index is 262. The monoisotopic (exact) mass is 284 g/mol. The smallest absolute Gasteiger partial charge is 0.224 e. The van der Waals surface area contributed by atoms with Gasteiger partial charge < -0.3 is 9.38 Å². The second kappa shape index (κ2) is 6.23. The van der Waals surface area contributed by atoms with Crippen molar-refractivity contribution in [3.63, 3.8) is 0 Å². The first-order valence-electron chi connectivity index (χ1n) is 5.62. The van der Waals surface area contributed by atoms with Crippen LogP contribution in [0.2, 0.25) is 0 Å². The Balaban J connectivity index is 4.24. The van der Waals surface area contributed by atoms with Crippen molar-refractivity contribution in [2.75, 3.05) is 41.3 Å². The molecule has 0 heterocycles. The Morgan fingerprint density at radius 3 is 2.06 bits per heavy atom. The predicted octanol–water partition coefficient (Wildman–Crippen LogP) is 1.93. The van der Waals surface area contributed by atoms with Crippen LogP contribution in [0.4, 0.5) is 0 Å². The lowest BCUT2D eigenvalue weighted by Crippen LogP contribution is -2.44. The van der Waals surface area contributed by atoms with E-state index in [2.05, 4.69) is 21.1 Å². The molecule has 0 aromatic heterocycles. The molecule has 1 amide bonds. The maximum Gasteiger partial charge on any atom is 0.224 e. The van der Waals surface area contributed by atoms with Gasteiger partial charge in [0, 0.05) is 13.5 Å². The molecule has 0 fully saturated rings. The third kappa shape index (κ3) is 7.09. The summed E-state index contributed by atoms with van der Waals surface area (Å²) in [5.74, 6) is 0.0507. The highest BCUT2D eigenvalue weighted by atomic mass is 35.5. The van der Waals surface area contributed by atoms with Crippen LogP contribution in [0.3, 0.4) is 0 Å². The largest absolute Gasteiger partial charge is 0.340 e. The third-order valence-corrected chi connectivity index (χ3v) is 3.49. The van der Waals surface area contributed by atoms with E-state index in [4.69, 9.17) is 23.6 Å². The quantitative estimate of drug-likeness (QED) is 0.550. The number of hydrogen-bond acceptors (Lipinski definition) is 2. The van der Waals surface area contributed by atoms with Crippen molar-refractivity contribution < 1.29 is 9.28 Å². The normalized spacial score (nSPS) is 13.0. The molecule has 0 aromatic carbocycles. The van der Waals surface area contributed by atoms with Crippen LogP contribution in [-0.2, 0) is 4.79 Å². The molecule has 6 heteroatoms. The van der Waals surface area contributed by atoms with Crippen molar-refractivity contribution >= 4 is 29.5 Å². The summed E-state index contributed by atoms with van der Waals surface area (Å²) in [6, 6.07) is 0. The maximum absolute atomic E-state index is 12.0. The molecule has 0 spiro atoms. The number of nitrogens with zero attached hydrogens (tertiary/aromatic N) is 3. The molecule has 0 radical (unpaired) electrons. The molecule has 0 aliphatic carbocycles. The van der Waals surface area contributed by atoms with E-state index in [1.807, 2.05) is 13.8 Å². The van der Waals surface area contributed by atoms with E-state index in [1.165, 1.54) is 0 Å². The van der Waals surface area contributed by atoms with Gasteiger partial charge in [-0.3, -0.25) is 4.79 Å². The molecular formula is C11H24Cl2N3O+. The predicted molar refractivity (Wildman–Crippen MR) is 72.8 cm³/mol. The van der Waals surface area contributed by atoms with E-state index in [1.54, 1.807) is 11.9 Å². The molecule has 0 aromatic rings. The Kier molecular flexibility index (Phi) is 6.22. The van der Waals surface area contributed by atoms with Gasteiger partial charge in [0.1, 0.15) is 0 Å². The lowest BCUT2D eigenvalue weighted by atomic mass is 10.0. The summed E-state index contributed by atoms with van der Waals surface area (Å²) in [7, 11) is 8.10. The fourth-order valence-corrected chi connectivity index (χ4v) is 1.26. The van der Waals surface area contributed by atoms with E-state index in [0.717, 1.165) is 21.5 Å². The Labute approximate surface area is 115 Å². The van der Waals surface area contributed by atoms with Gasteiger partial charge in [-0.25, -0.2) is 0 Å². The number of likely N-dealkylation sites (N-methyl/N-ethyl adjacent to an activating group) is 2. The van der Waals surface area contributed by atoms with Crippen molar-refractivity contribution in [2.24, 2.45) is 0 Å². The number of rotatable bonds is 6. The molecule has 0 rings (SSSR count). The van der Waals surface area contributed by atoms with Crippen molar-refractivity contribution in [2.45, 2.75) is 25.8 Å². The van der Waals surface area contributed by atoms with Crippen molar-refractivity contribution in [3.05, 3.63) is 0 Å². The zero-order chi connectivity index (χ0) is 13.9. The number of quaternary nitrogens is 1. The zero-order valence-electron chi connectivity index (χ0n) is 11.6. The van der Waals surface area contributed by atoms with E-state index in [-0.39, 0.29) is 5.91 Å². The molecule has 0 N–H and O–H groups in total. The van der Waals surface area contributed by atoms with E-state index >= 15 is 0 Å². The second-order valence-corrected chi connectivity index (χ2v) is 6.90. The van der Waals surface area contributed by atoms with Crippen molar-refractivity contribution in [3.8, 4) is 0 Å². The second-order valence-electron chi connectivity index (χ2n) is 6.05. The minimum absolute atomic E-state index is 0.0507. The van der Waals surface area contributed by atoms with Crippen LogP contribution in [0.1, 0.15) is 20.3 Å². The number of carbonyl (C=O) groups excluding carboxylic acids is 1. The van der Waals surface area contributed by atoms with Gasteiger partial charge in [-0.1, -0.05) is 0 Å². The minimum Gasteiger partial charge on any atom is -0.340 e. The zero-order valence-corrected chi connectivity index (χ0v) is 13.1. The SMILES string of the molecule is CN(CC[N+](C)(C)C)C(=O)CC(C)(C)N(Cl)Cl. The van der Waals surface area contributed by atoms with Gasteiger partial charge in [0.25, 0.3) is 0 Å². The molecule has 0 bridgehead atoms. The first-order chi connectivity index (χ1) is 7.46. The Morgan fingerprint density at radius 1 is 1.24 bits per heavy atom. The molecule has 0 saturated carbocycles. The molecule has 0 aliphatic rings. The average molecular weight is 285 g/mol. The highest BCUT2D eigenvalue weighted by molar-refractivity contribution is 6.34. The summed E-state index contributed by atoms with van der Waals surface area (Å²) >= 11 is 11.4. The summed E-state index contributed by atoms with van der Waals surface area (Å²) in [4.78, 5) is 13.7. The van der Waals surface area contributed by atoms with Crippen molar-refractivity contribution in [1.29, 1.82) is 0 Å². The lowest BCUT2D eigenvalue weighted by Gasteiger charge is -2.30. The number of carbonyl (C=O) groups is 1. The van der Waals surface area contributed by atoms with Gasteiger partial charge in [0.05, 0.1) is 39.8 Å².